The van der Waals surface area contributed by atoms with Gasteiger partial charge in [0, 0.05) is 28.3 Å². The summed E-state index contributed by atoms with van der Waals surface area (Å²) in [6.45, 7) is 0.373. The average Bonchev–Trinajstić information content (AvgIpc) is 2.38. The van der Waals surface area contributed by atoms with Crippen LogP contribution < -0.4 is 11.3 Å². The number of aromatic nitrogens is 3. The van der Waals surface area contributed by atoms with Crippen molar-refractivity contribution in [2.24, 2.45) is 5.84 Å². The van der Waals surface area contributed by atoms with Gasteiger partial charge in [0.1, 0.15) is 11.5 Å². The molecule has 2 aromatic heterocycles. The molecule has 0 spiro atoms. The van der Waals surface area contributed by atoms with Crippen molar-refractivity contribution in [3.05, 3.63) is 33.0 Å². The van der Waals surface area contributed by atoms with E-state index in [1.54, 1.807) is 19.4 Å². The first-order valence-corrected chi connectivity index (χ1v) is 6.87. The molecule has 0 unspecified atom stereocenters. The van der Waals surface area contributed by atoms with Crippen LogP contribution in [-0.4, -0.2) is 22.1 Å². The Bertz CT molecular complexity index is 593. The van der Waals surface area contributed by atoms with E-state index in [1.807, 2.05) is 6.07 Å². The molecule has 0 aliphatic carbocycles. The summed E-state index contributed by atoms with van der Waals surface area (Å²) >= 11 is 6.79. The van der Waals surface area contributed by atoms with Crippen LogP contribution in [-0.2, 0) is 11.3 Å². The molecule has 6 nitrogen and oxygen atoms in total. The van der Waals surface area contributed by atoms with Crippen LogP contribution >= 0.6 is 31.9 Å². The van der Waals surface area contributed by atoms with Crippen LogP contribution in [0.15, 0.2) is 27.3 Å². The molecule has 2 heterocycles. The third-order valence-electron chi connectivity index (χ3n) is 2.24. The Hall–Kier alpha value is -1.09. The van der Waals surface area contributed by atoms with Gasteiger partial charge in [-0.2, -0.15) is 0 Å². The molecule has 3 N–H and O–H groups in total. The molecular formula is C11H11Br2N5O. The molecule has 8 heteroatoms. The van der Waals surface area contributed by atoms with Gasteiger partial charge < -0.3 is 10.2 Å². The molecule has 100 valence electrons. The predicted molar refractivity (Wildman–Crippen MR) is 79.2 cm³/mol. The Morgan fingerprint density at radius 1 is 1.32 bits per heavy atom. The van der Waals surface area contributed by atoms with Crippen LogP contribution in [0.1, 0.15) is 5.69 Å². The van der Waals surface area contributed by atoms with Gasteiger partial charge in [0.2, 0.25) is 0 Å². The molecule has 0 aliphatic rings. The molecule has 0 fully saturated rings. The molecule has 0 bridgehead atoms. The monoisotopic (exact) mass is 387 g/mol. The van der Waals surface area contributed by atoms with Crippen LogP contribution in [0.2, 0.25) is 0 Å². The third kappa shape index (κ3) is 3.47. The van der Waals surface area contributed by atoms with Gasteiger partial charge in [-0.3, -0.25) is 4.98 Å². The standard InChI is InChI=1S/C11H11Br2N5O/c1-19-5-7-3-9(18-14)17-11(16-7)10-8(13)2-6(12)4-15-10/h2-4H,5,14H2,1H3,(H,16,17,18). The lowest BCUT2D eigenvalue weighted by Gasteiger charge is -2.08. The van der Waals surface area contributed by atoms with Gasteiger partial charge in [0.15, 0.2) is 5.82 Å². The van der Waals surface area contributed by atoms with Gasteiger partial charge in [-0.1, -0.05) is 0 Å². The lowest BCUT2D eigenvalue weighted by atomic mass is 10.3. The first-order valence-electron chi connectivity index (χ1n) is 5.29. The second kappa shape index (κ2) is 6.38. The van der Waals surface area contributed by atoms with E-state index in [1.165, 1.54) is 0 Å². The summed E-state index contributed by atoms with van der Waals surface area (Å²) in [7, 11) is 1.60. The summed E-state index contributed by atoms with van der Waals surface area (Å²) in [5.74, 6) is 6.39. The van der Waals surface area contributed by atoms with Crippen LogP contribution in [0, 0.1) is 0 Å². The van der Waals surface area contributed by atoms with E-state index in [4.69, 9.17) is 10.6 Å². The maximum atomic E-state index is 5.40. The normalized spacial score (nSPS) is 10.5. The smallest absolute Gasteiger partial charge is 0.181 e. The zero-order valence-electron chi connectivity index (χ0n) is 10.0. The van der Waals surface area contributed by atoms with Crippen molar-refractivity contribution >= 4 is 37.7 Å². The van der Waals surface area contributed by atoms with Gasteiger partial charge in [-0.15, -0.1) is 0 Å². The average molecular weight is 389 g/mol. The second-order valence-corrected chi connectivity index (χ2v) is 5.40. The minimum atomic E-state index is 0.373. The van der Waals surface area contributed by atoms with Gasteiger partial charge in [-0.25, -0.2) is 15.8 Å². The number of nitrogens with two attached hydrogens (primary N) is 1. The largest absolute Gasteiger partial charge is 0.378 e. The molecule has 0 atom stereocenters. The Morgan fingerprint density at radius 3 is 2.74 bits per heavy atom. The van der Waals surface area contributed by atoms with Crippen molar-refractivity contribution in [1.82, 2.24) is 15.0 Å². The lowest BCUT2D eigenvalue weighted by Crippen LogP contribution is -2.11. The molecule has 0 aromatic carbocycles. The van der Waals surface area contributed by atoms with E-state index in [-0.39, 0.29) is 0 Å². The van der Waals surface area contributed by atoms with Crippen molar-refractivity contribution < 1.29 is 4.74 Å². The fraction of sp³-hybridized carbons (Fsp3) is 0.182. The van der Waals surface area contributed by atoms with E-state index in [9.17, 15) is 0 Å². The molecule has 0 saturated heterocycles. The van der Waals surface area contributed by atoms with Gasteiger partial charge in [-0.05, 0) is 37.9 Å². The number of hydrazine groups is 1. The van der Waals surface area contributed by atoms with Crippen molar-refractivity contribution in [1.29, 1.82) is 0 Å². The number of rotatable bonds is 4. The molecule has 0 aliphatic heterocycles. The molecule has 19 heavy (non-hydrogen) atoms. The first kappa shape index (κ1) is 14.3. The SMILES string of the molecule is COCc1cc(NN)nc(-c2ncc(Br)cc2Br)n1. The highest BCUT2D eigenvalue weighted by Crippen LogP contribution is 2.27. The highest BCUT2D eigenvalue weighted by atomic mass is 79.9. The summed E-state index contributed by atoms with van der Waals surface area (Å²) in [5.41, 5.74) is 3.86. The van der Waals surface area contributed by atoms with Crippen molar-refractivity contribution in [3.8, 4) is 11.5 Å². The highest BCUT2D eigenvalue weighted by molar-refractivity contribution is 9.11. The highest BCUT2D eigenvalue weighted by Gasteiger charge is 2.11. The summed E-state index contributed by atoms with van der Waals surface area (Å²) in [4.78, 5) is 13.0. The van der Waals surface area contributed by atoms with E-state index < -0.39 is 0 Å². The summed E-state index contributed by atoms with van der Waals surface area (Å²) in [6.07, 6.45) is 1.68. The lowest BCUT2D eigenvalue weighted by molar-refractivity contribution is 0.181. The molecule has 0 radical (unpaired) electrons. The third-order valence-corrected chi connectivity index (χ3v) is 3.28. The van der Waals surface area contributed by atoms with Gasteiger partial charge in [0.25, 0.3) is 0 Å². The maximum absolute atomic E-state index is 5.40. The quantitative estimate of drug-likeness (QED) is 0.618. The summed E-state index contributed by atoms with van der Waals surface area (Å²) in [5, 5.41) is 0. The first-order chi connectivity index (χ1) is 9.13. The van der Waals surface area contributed by atoms with Gasteiger partial charge in [0.05, 0.1) is 12.3 Å². The molecule has 0 saturated carbocycles. The molecule has 2 aromatic rings. The summed E-state index contributed by atoms with van der Waals surface area (Å²) in [6, 6.07) is 3.60. The zero-order chi connectivity index (χ0) is 13.8. The Kier molecular flexibility index (Phi) is 4.81. The number of ether oxygens (including phenoxy) is 1. The van der Waals surface area contributed by atoms with Crippen LogP contribution in [0.3, 0.4) is 0 Å². The number of hydrogen-bond donors (Lipinski definition) is 2. The van der Waals surface area contributed by atoms with E-state index in [0.29, 0.717) is 23.9 Å². The molecule has 0 amide bonds. The second-order valence-electron chi connectivity index (χ2n) is 3.63. The number of nitrogens with one attached hydrogen (secondary N) is 1. The maximum Gasteiger partial charge on any atom is 0.181 e. The minimum absolute atomic E-state index is 0.373. The fourth-order valence-corrected chi connectivity index (χ4v) is 2.64. The van der Waals surface area contributed by atoms with Crippen LogP contribution in [0.25, 0.3) is 11.5 Å². The van der Waals surface area contributed by atoms with Crippen molar-refractivity contribution in [2.45, 2.75) is 6.61 Å². The number of methoxy groups -OCH3 is 1. The minimum Gasteiger partial charge on any atom is -0.378 e. The topological polar surface area (TPSA) is 86.0 Å². The fourth-order valence-electron chi connectivity index (χ4n) is 1.48. The van der Waals surface area contributed by atoms with Crippen LogP contribution in [0.5, 0.6) is 0 Å². The summed E-state index contributed by atoms with van der Waals surface area (Å²) < 4.78 is 6.73. The van der Waals surface area contributed by atoms with E-state index in [2.05, 4.69) is 52.2 Å². The van der Waals surface area contributed by atoms with E-state index >= 15 is 0 Å². The van der Waals surface area contributed by atoms with Crippen molar-refractivity contribution in [3.63, 3.8) is 0 Å². The molecular weight excluding hydrogens is 378 g/mol. The van der Waals surface area contributed by atoms with Crippen LogP contribution in [0.4, 0.5) is 5.82 Å². The molecule has 2 rings (SSSR count). The Labute approximate surface area is 127 Å². The van der Waals surface area contributed by atoms with Crippen molar-refractivity contribution in [2.75, 3.05) is 12.5 Å². The predicted octanol–water partition coefficient (Wildman–Crippen LogP) is 2.50. The number of hydrogen-bond acceptors (Lipinski definition) is 6. The number of pyridine rings is 1. The zero-order valence-corrected chi connectivity index (χ0v) is 13.2. The Morgan fingerprint density at radius 2 is 2.11 bits per heavy atom. The number of anilines is 1. The van der Waals surface area contributed by atoms with E-state index in [0.717, 1.165) is 14.6 Å². The number of nitrogens with zero attached hydrogens (tertiary/aromatic N) is 3. The Balaban J connectivity index is 2.51. The number of nitrogen functional groups attached to an aromatic ring is 1. The number of halogens is 2. The van der Waals surface area contributed by atoms with Gasteiger partial charge >= 0.3 is 0 Å².